The van der Waals surface area contributed by atoms with Crippen molar-refractivity contribution in [2.75, 3.05) is 6.61 Å². The first-order chi connectivity index (χ1) is 5.24. The second kappa shape index (κ2) is 3.57. The third kappa shape index (κ3) is 2.08. The smallest absolute Gasteiger partial charge is 0.259 e. The van der Waals surface area contributed by atoms with E-state index in [1.807, 2.05) is 6.92 Å². The van der Waals surface area contributed by atoms with Gasteiger partial charge in [-0.25, -0.2) is 0 Å². The normalized spacial score (nSPS) is 9.64. The van der Waals surface area contributed by atoms with Crippen LogP contribution < -0.4 is 9.47 Å². The van der Waals surface area contributed by atoms with Crippen molar-refractivity contribution >= 4 is 15.9 Å². The third-order valence-corrected chi connectivity index (χ3v) is 1.77. The average Bonchev–Trinajstić information content (AvgIpc) is 1.98. The SMILES string of the molecule is CCOc1ccc(Br)[n+]([O-])c1. The Labute approximate surface area is 73.3 Å². The fourth-order valence-electron chi connectivity index (χ4n) is 0.697. The van der Waals surface area contributed by atoms with E-state index in [-0.39, 0.29) is 0 Å². The van der Waals surface area contributed by atoms with Gasteiger partial charge < -0.3 is 9.94 Å². The highest BCUT2D eigenvalue weighted by atomic mass is 79.9. The summed E-state index contributed by atoms with van der Waals surface area (Å²) in [5.74, 6) is 0.589. The van der Waals surface area contributed by atoms with E-state index in [9.17, 15) is 5.21 Å². The van der Waals surface area contributed by atoms with Crippen molar-refractivity contribution in [2.45, 2.75) is 6.92 Å². The molecule has 0 aliphatic heterocycles. The Balaban J connectivity index is 2.86. The first kappa shape index (κ1) is 8.33. The van der Waals surface area contributed by atoms with Crippen LogP contribution in [0.25, 0.3) is 0 Å². The van der Waals surface area contributed by atoms with Crippen molar-refractivity contribution in [1.82, 2.24) is 0 Å². The largest absolute Gasteiger partial charge is 0.618 e. The van der Waals surface area contributed by atoms with Crippen LogP contribution in [-0.2, 0) is 0 Å². The molecule has 0 bridgehead atoms. The predicted octanol–water partition coefficient (Wildman–Crippen LogP) is 1.48. The van der Waals surface area contributed by atoms with E-state index in [1.165, 1.54) is 6.20 Å². The van der Waals surface area contributed by atoms with Crippen molar-refractivity contribution in [2.24, 2.45) is 0 Å². The molecule has 0 spiro atoms. The molecule has 60 valence electrons. The van der Waals surface area contributed by atoms with E-state index < -0.39 is 0 Å². The number of halogens is 1. The van der Waals surface area contributed by atoms with Gasteiger partial charge in [0.2, 0.25) is 6.20 Å². The van der Waals surface area contributed by atoms with Crippen molar-refractivity contribution in [1.29, 1.82) is 0 Å². The number of ether oxygens (including phenoxy) is 1. The highest BCUT2D eigenvalue weighted by Crippen LogP contribution is 2.10. The Bertz CT molecular complexity index is 252. The van der Waals surface area contributed by atoms with Gasteiger partial charge in [0.1, 0.15) is 0 Å². The van der Waals surface area contributed by atoms with Crippen LogP contribution in [-0.4, -0.2) is 6.61 Å². The summed E-state index contributed by atoms with van der Waals surface area (Å²) in [6.07, 6.45) is 1.38. The topological polar surface area (TPSA) is 36.2 Å². The molecule has 1 aromatic rings. The Morgan fingerprint density at radius 1 is 1.64 bits per heavy atom. The van der Waals surface area contributed by atoms with E-state index in [2.05, 4.69) is 15.9 Å². The lowest BCUT2D eigenvalue weighted by Gasteiger charge is -2.02. The molecule has 3 nitrogen and oxygen atoms in total. The zero-order valence-electron chi connectivity index (χ0n) is 6.08. The van der Waals surface area contributed by atoms with Crippen LogP contribution >= 0.6 is 15.9 Å². The molecule has 1 aromatic heterocycles. The lowest BCUT2D eigenvalue weighted by molar-refractivity contribution is -0.617. The summed E-state index contributed by atoms with van der Waals surface area (Å²) in [6.45, 7) is 2.44. The Morgan fingerprint density at radius 2 is 2.36 bits per heavy atom. The zero-order valence-corrected chi connectivity index (χ0v) is 7.67. The Hall–Kier alpha value is -0.770. The van der Waals surface area contributed by atoms with Crippen LogP contribution in [0.1, 0.15) is 6.92 Å². The van der Waals surface area contributed by atoms with Gasteiger partial charge in [0.05, 0.1) is 6.61 Å². The van der Waals surface area contributed by atoms with Gasteiger partial charge in [0, 0.05) is 22.0 Å². The number of pyridine rings is 1. The number of aromatic nitrogens is 1. The van der Waals surface area contributed by atoms with Crippen LogP contribution in [0, 0.1) is 5.21 Å². The summed E-state index contributed by atoms with van der Waals surface area (Å²) in [4.78, 5) is 0. The van der Waals surface area contributed by atoms with Gasteiger partial charge in [0.15, 0.2) is 5.75 Å². The molecule has 4 heteroatoms. The molecular weight excluding hydrogens is 210 g/mol. The summed E-state index contributed by atoms with van der Waals surface area (Å²) in [5.41, 5.74) is 0. The molecule has 0 atom stereocenters. The number of hydrogen-bond acceptors (Lipinski definition) is 2. The predicted molar refractivity (Wildman–Crippen MR) is 44.3 cm³/mol. The molecule has 0 radical (unpaired) electrons. The first-order valence-corrected chi connectivity index (χ1v) is 4.05. The van der Waals surface area contributed by atoms with E-state index in [0.29, 0.717) is 21.7 Å². The molecule has 0 saturated heterocycles. The second-order valence-corrected chi connectivity index (χ2v) is 2.76. The van der Waals surface area contributed by atoms with Gasteiger partial charge in [-0.3, -0.25) is 0 Å². The minimum absolute atomic E-state index is 0.487. The molecule has 0 aromatic carbocycles. The second-order valence-electron chi connectivity index (χ2n) is 1.95. The number of rotatable bonds is 2. The molecular formula is C7H8BrNO2. The quantitative estimate of drug-likeness (QED) is 0.428. The monoisotopic (exact) mass is 217 g/mol. The maximum Gasteiger partial charge on any atom is 0.259 e. The van der Waals surface area contributed by atoms with E-state index in [0.717, 1.165) is 0 Å². The van der Waals surface area contributed by atoms with Crippen LogP contribution in [0.15, 0.2) is 22.9 Å². The van der Waals surface area contributed by atoms with Gasteiger partial charge in [0.25, 0.3) is 4.60 Å². The van der Waals surface area contributed by atoms with Crippen LogP contribution in [0.3, 0.4) is 0 Å². The molecule has 1 rings (SSSR count). The van der Waals surface area contributed by atoms with Gasteiger partial charge in [-0.05, 0) is 13.0 Å². The number of nitrogens with zero attached hydrogens (tertiary/aromatic N) is 1. The van der Waals surface area contributed by atoms with Gasteiger partial charge in [-0.15, -0.1) is 0 Å². The van der Waals surface area contributed by atoms with Crippen LogP contribution in [0.5, 0.6) is 5.75 Å². The maximum atomic E-state index is 10.9. The fourth-order valence-corrected chi connectivity index (χ4v) is 0.931. The third-order valence-electron chi connectivity index (χ3n) is 1.15. The highest BCUT2D eigenvalue weighted by Gasteiger charge is 2.01. The minimum atomic E-state index is 0.487. The lowest BCUT2D eigenvalue weighted by atomic mass is 10.5. The minimum Gasteiger partial charge on any atom is -0.618 e. The molecule has 0 aliphatic carbocycles. The lowest BCUT2D eigenvalue weighted by Crippen LogP contribution is -2.27. The molecule has 0 unspecified atom stereocenters. The highest BCUT2D eigenvalue weighted by molar-refractivity contribution is 9.10. The van der Waals surface area contributed by atoms with Crippen molar-refractivity contribution < 1.29 is 9.47 Å². The zero-order chi connectivity index (χ0) is 8.27. The molecule has 0 saturated carbocycles. The Kier molecular flexibility index (Phi) is 2.70. The van der Waals surface area contributed by atoms with Crippen LogP contribution in [0.2, 0.25) is 0 Å². The molecule has 0 aliphatic rings. The summed E-state index contributed by atoms with van der Waals surface area (Å²) in [5, 5.41) is 10.9. The standard InChI is InChI=1S/C7H8BrNO2/c1-2-11-6-3-4-7(8)9(10)5-6/h3-5H,2H2,1H3. The van der Waals surface area contributed by atoms with Crippen molar-refractivity contribution in [3.8, 4) is 5.75 Å². The van der Waals surface area contributed by atoms with Crippen LogP contribution in [0.4, 0.5) is 0 Å². The van der Waals surface area contributed by atoms with E-state index >= 15 is 0 Å². The average molecular weight is 218 g/mol. The van der Waals surface area contributed by atoms with E-state index in [4.69, 9.17) is 4.74 Å². The molecule has 0 N–H and O–H groups in total. The number of hydrogen-bond donors (Lipinski definition) is 0. The molecule has 0 fully saturated rings. The molecule has 0 amide bonds. The first-order valence-electron chi connectivity index (χ1n) is 3.25. The van der Waals surface area contributed by atoms with E-state index in [1.54, 1.807) is 12.1 Å². The summed E-state index contributed by atoms with van der Waals surface area (Å²) in [7, 11) is 0. The summed E-state index contributed by atoms with van der Waals surface area (Å²) in [6, 6.07) is 3.39. The summed E-state index contributed by atoms with van der Waals surface area (Å²) < 4.78 is 6.30. The maximum absolute atomic E-state index is 10.9. The van der Waals surface area contributed by atoms with Gasteiger partial charge in [-0.1, -0.05) is 0 Å². The fraction of sp³-hybridized carbons (Fsp3) is 0.286. The molecule has 11 heavy (non-hydrogen) atoms. The van der Waals surface area contributed by atoms with Crippen molar-refractivity contribution in [3.05, 3.63) is 28.1 Å². The van der Waals surface area contributed by atoms with Crippen molar-refractivity contribution in [3.63, 3.8) is 0 Å². The summed E-state index contributed by atoms with van der Waals surface area (Å²) >= 11 is 3.08. The molecule has 1 heterocycles. The Morgan fingerprint density at radius 3 is 2.91 bits per heavy atom. The van der Waals surface area contributed by atoms with Gasteiger partial charge >= 0.3 is 0 Å². The van der Waals surface area contributed by atoms with Gasteiger partial charge in [-0.2, -0.15) is 4.73 Å².